The van der Waals surface area contributed by atoms with Crippen LogP contribution < -0.4 is 5.69 Å². The van der Waals surface area contributed by atoms with Gasteiger partial charge in [-0.05, 0) is 34.0 Å². The molecule has 0 radical (unpaired) electrons. The molecule has 0 saturated heterocycles. The molecule has 4 aromatic rings. The van der Waals surface area contributed by atoms with Crippen molar-refractivity contribution in [1.82, 2.24) is 29.8 Å². The zero-order chi connectivity index (χ0) is 22.5. The Kier molecular flexibility index (Phi) is 6.08. The van der Waals surface area contributed by atoms with Crippen molar-refractivity contribution in [3.63, 3.8) is 0 Å². The third-order valence-corrected chi connectivity index (χ3v) is 5.21. The summed E-state index contributed by atoms with van der Waals surface area (Å²) in [6.07, 6.45) is 2.28. The van der Waals surface area contributed by atoms with Crippen molar-refractivity contribution in [2.24, 2.45) is 0 Å². The average Bonchev–Trinajstić information content (AvgIpc) is 3.47. The van der Waals surface area contributed by atoms with E-state index >= 15 is 0 Å². The molecule has 0 spiro atoms. The van der Waals surface area contributed by atoms with Gasteiger partial charge in [0, 0.05) is 18.2 Å². The highest BCUT2D eigenvalue weighted by atomic mass is 16.2. The lowest BCUT2D eigenvalue weighted by Gasteiger charge is -2.09. The van der Waals surface area contributed by atoms with Crippen LogP contribution in [0.4, 0.5) is 0 Å². The zero-order valence-electron chi connectivity index (χ0n) is 17.9. The second-order valence-corrected chi connectivity index (χ2v) is 7.20. The van der Waals surface area contributed by atoms with Crippen LogP contribution in [0.15, 0.2) is 59.5 Å². The van der Waals surface area contributed by atoms with Crippen LogP contribution in [0.25, 0.3) is 22.5 Å². The molecule has 2 aromatic carbocycles. The first-order valence-corrected chi connectivity index (χ1v) is 10.3. The van der Waals surface area contributed by atoms with Crippen LogP contribution in [0.3, 0.4) is 0 Å². The fourth-order valence-electron chi connectivity index (χ4n) is 3.55. The zero-order valence-corrected chi connectivity index (χ0v) is 17.9. The Balaban J connectivity index is 1.66. The first-order chi connectivity index (χ1) is 15.6. The minimum atomic E-state index is -0.336. The summed E-state index contributed by atoms with van der Waals surface area (Å²) in [7, 11) is 0. The molecule has 0 saturated carbocycles. The van der Waals surface area contributed by atoms with Crippen molar-refractivity contribution in [3.8, 4) is 34.4 Å². The third-order valence-electron chi connectivity index (χ3n) is 5.21. The molecule has 0 fully saturated rings. The number of H-pyrrole nitrogens is 1. The number of hydrogen-bond acceptors (Lipinski definition) is 5. The molecule has 2 heterocycles. The molecule has 0 bridgehead atoms. The molecular weight excluding hydrogens is 404 g/mol. The van der Waals surface area contributed by atoms with Crippen LogP contribution in [-0.2, 0) is 13.0 Å². The van der Waals surface area contributed by atoms with Crippen molar-refractivity contribution >= 4 is 5.91 Å². The number of hydrogen-bond donors (Lipinski definition) is 1. The van der Waals surface area contributed by atoms with E-state index in [1.165, 1.54) is 4.57 Å². The number of imidazole rings is 1. The van der Waals surface area contributed by atoms with Crippen molar-refractivity contribution < 1.29 is 4.79 Å². The van der Waals surface area contributed by atoms with Crippen molar-refractivity contribution in [2.75, 3.05) is 0 Å². The summed E-state index contributed by atoms with van der Waals surface area (Å²) in [6.45, 7) is 3.85. The normalized spacial score (nSPS) is 10.6. The number of aromatic nitrogens is 6. The molecule has 0 aliphatic carbocycles. The van der Waals surface area contributed by atoms with Crippen molar-refractivity contribution in [3.05, 3.63) is 76.5 Å². The van der Waals surface area contributed by atoms with Gasteiger partial charge < -0.3 is 0 Å². The minimum Gasteiger partial charge on any atom is -0.291 e. The summed E-state index contributed by atoms with van der Waals surface area (Å²) in [5, 5.41) is 14.1. The molecule has 32 heavy (non-hydrogen) atoms. The quantitative estimate of drug-likeness (QED) is 0.478. The number of aromatic amines is 1. The van der Waals surface area contributed by atoms with E-state index in [9.17, 15) is 9.59 Å². The molecular formula is C24H22N6O2. The van der Waals surface area contributed by atoms with Crippen LogP contribution in [0, 0.1) is 11.8 Å². The SMILES string of the molecule is CC#CCc1cn(C(=O)CC)c(=O)n1Cc1ccc(-c2ccccc2-c2nnn[nH]2)cc1. The second-order valence-electron chi connectivity index (χ2n) is 7.20. The molecule has 8 heteroatoms. The molecule has 2 aromatic heterocycles. The van der Waals surface area contributed by atoms with E-state index in [1.807, 2.05) is 48.5 Å². The fraction of sp³-hybridized carbons (Fsp3) is 0.208. The number of carbonyl (C=O) groups excluding carboxylic acids is 1. The lowest BCUT2D eigenvalue weighted by Crippen LogP contribution is -2.29. The maximum absolute atomic E-state index is 12.9. The van der Waals surface area contributed by atoms with Gasteiger partial charge in [0.15, 0.2) is 5.82 Å². The number of tetrazole rings is 1. The molecule has 0 atom stereocenters. The summed E-state index contributed by atoms with van der Waals surface area (Å²) in [5.41, 5.74) is 4.23. The van der Waals surface area contributed by atoms with Crippen LogP contribution in [0.5, 0.6) is 0 Å². The van der Waals surface area contributed by atoms with Crippen molar-refractivity contribution in [1.29, 1.82) is 0 Å². The van der Waals surface area contributed by atoms with Gasteiger partial charge in [0.05, 0.1) is 18.7 Å². The lowest BCUT2D eigenvalue weighted by molar-refractivity contribution is 0.0904. The smallest absolute Gasteiger partial charge is 0.291 e. The van der Waals surface area contributed by atoms with E-state index in [0.717, 1.165) is 27.9 Å². The number of benzene rings is 2. The molecule has 4 rings (SSSR count). The highest BCUT2D eigenvalue weighted by Gasteiger charge is 2.15. The van der Waals surface area contributed by atoms with Gasteiger partial charge in [-0.15, -0.1) is 11.0 Å². The number of nitrogens with zero attached hydrogens (tertiary/aromatic N) is 5. The third kappa shape index (κ3) is 4.14. The van der Waals surface area contributed by atoms with Gasteiger partial charge in [-0.3, -0.25) is 9.36 Å². The van der Waals surface area contributed by atoms with Crippen LogP contribution in [-0.4, -0.2) is 35.7 Å². The van der Waals surface area contributed by atoms with Crippen LogP contribution >= 0.6 is 0 Å². The molecule has 1 N–H and O–H groups in total. The highest BCUT2D eigenvalue weighted by Crippen LogP contribution is 2.29. The Hall–Kier alpha value is -4.25. The first kappa shape index (κ1) is 21.0. The van der Waals surface area contributed by atoms with Gasteiger partial charge in [-0.25, -0.2) is 14.5 Å². The minimum absolute atomic E-state index is 0.228. The Morgan fingerprint density at radius 2 is 1.84 bits per heavy atom. The van der Waals surface area contributed by atoms with E-state index in [4.69, 9.17) is 0 Å². The maximum atomic E-state index is 12.9. The molecule has 0 aliphatic rings. The number of nitrogens with one attached hydrogen (secondary N) is 1. The summed E-state index contributed by atoms with van der Waals surface area (Å²) in [5.74, 6) is 6.20. The van der Waals surface area contributed by atoms with Gasteiger partial charge in [0.2, 0.25) is 5.91 Å². The lowest BCUT2D eigenvalue weighted by atomic mass is 9.98. The summed E-state index contributed by atoms with van der Waals surface area (Å²) in [6, 6.07) is 15.8. The monoisotopic (exact) mass is 426 g/mol. The van der Waals surface area contributed by atoms with E-state index < -0.39 is 0 Å². The maximum Gasteiger partial charge on any atom is 0.335 e. The molecule has 8 nitrogen and oxygen atoms in total. The Bertz CT molecular complexity index is 1350. The predicted molar refractivity (Wildman–Crippen MR) is 121 cm³/mol. The summed E-state index contributed by atoms with van der Waals surface area (Å²) < 4.78 is 2.80. The van der Waals surface area contributed by atoms with E-state index in [0.29, 0.717) is 18.8 Å². The standard InChI is InChI=1S/C24H22N6O2/c1-3-5-8-19-16-30(22(31)4-2)24(32)29(19)15-17-11-13-18(14-12-17)20-9-6-7-10-21(20)23-25-27-28-26-23/h6-7,9-14,16H,4,8,15H2,1-2H3,(H,25,26,27,28). The predicted octanol–water partition coefficient (Wildman–Crippen LogP) is 3.16. The second kappa shape index (κ2) is 9.27. The van der Waals surface area contributed by atoms with E-state index in [1.54, 1.807) is 24.6 Å². The Morgan fingerprint density at radius 3 is 2.50 bits per heavy atom. The summed E-state index contributed by atoms with van der Waals surface area (Å²) in [4.78, 5) is 25.0. The van der Waals surface area contributed by atoms with Gasteiger partial charge in [-0.1, -0.05) is 61.4 Å². The Labute approximate surface area is 184 Å². The topological polar surface area (TPSA) is 98.5 Å². The Morgan fingerprint density at radius 1 is 1.09 bits per heavy atom. The van der Waals surface area contributed by atoms with Crippen LogP contribution in [0.2, 0.25) is 0 Å². The first-order valence-electron chi connectivity index (χ1n) is 10.3. The molecule has 160 valence electrons. The van der Waals surface area contributed by atoms with Gasteiger partial charge in [0.1, 0.15) is 0 Å². The highest BCUT2D eigenvalue weighted by molar-refractivity contribution is 5.80. The molecule has 0 amide bonds. The molecule has 0 unspecified atom stereocenters. The largest absolute Gasteiger partial charge is 0.335 e. The van der Waals surface area contributed by atoms with Gasteiger partial charge in [-0.2, -0.15) is 0 Å². The van der Waals surface area contributed by atoms with Gasteiger partial charge >= 0.3 is 5.69 Å². The van der Waals surface area contributed by atoms with E-state index in [-0.39, 0.29) is 18.0 Å². The van der Waals surface area contributed by atoms with Crippen molar-refractivity contribution in [2.45, 2.75) is 33.2 Å². The summed E-state index contributed by atoms with van der Waals surface area (Å²) >= 11 is 0. The van der Waals surface area contributed by atoms with E-state index in [2.05, 4.69) is 32.5 Å². The number of rotatable bonds is 6. The fourth-order valence-corrected chi connectivity index (χ4v) is 3.55. The van der Waals surface area contributed by atoms with Crippen LogP contribution in [0.1, 0.15) is 36.3 Å². The number of carbonyl (C=O) groups is 1. The molecule has 0 aliphatic heterocycles. The van der Waals surface area contributed by atoms with Gasteiger partial charge in [0.25, 0.3) is 0 Å². The average molecular weight is 426 g/mol.